The molecule has 1 rings (SSSR count). The maximum absolute atomic E-state index is 5.50. The topological polar surface area (TPSA) is 38.9 Å². The number of pyridine rings is 1. The first-order valence-corrected chi connectivity index (χ1v) is 5.08. The van der Waals surface area contributed by atoms with Crippen LogP contribution < -0.4 is 5.73 Å². The standard InChI is InChI=1S/C9H14N2S/c1-8(6-10)12-7-9-2-4-11-5-3-9/h2-5,8H,6-7,10H2,1H3. The van der Waals surface area contributed by atoms with Crippen molar-refractivity contribution in [2.24, 2.45) is 5.73 Å². The van der Waals surface area contributed by atoms with Crippen molar-refractivity contribution in [1.29, 1.82) is 0 Å². The van der Waals surface area contributed by atoms with Crippen molar-refractivity contribution in [3.8, 4) is 0 Å². The Balaban J connectivity index is 2.33. The van der Waals surface area contributed by atoms with Gasteiger partial charge < -0.3 is 5.73 Å². The predicted octanol–water partition coefficient (Wildman–Crippen LogP) is 1.66. The van der Waals surface area contributed by atoms with Gasteiger partial charge in [-0.2, -0.15) is 11.8 Å². The van der Waals surface area contributed by atoms with Crippen molar-refractivity contribution in [3.05, 3.63) is 30.1 Å². The summed E-state index contributed by atoms with van der Waals surface area (Å²) < 4.78 is 0. The fourth-order valence-electron chi connectivity index (χ4n) is 0.786. The Kier molecular flexibility index (Phi) is 4.11. The lowest BCUT2D eigenvalue weighted by Crippen LogP contribution is -2.12. The molecule has 1 atom stereocenters. The lowest BCUT2D eigenvalue weighted by Gasteiger charge is -2.06. The van der Waals surface area contributed by atoms with Gasteiger partial charge in [-0.3, -0.25) is 4.98 Å². The Morgan fingerprint density at radius 3 is 2.75 bits per heavy atom. The van der Waals surface area contributed by atoms with Crippen LogP contribution in [0.5, 0.6) is 0 Å². The number of nitrogens with two attached hydrogens (primary N) is 1. The molecule has 2 N–H and O–H groups in total. The lowest BCUT2D eigenvalue weighted by atomic mass is 10.3. The average Bonchev–Trinajstić information content (AvgIpc) is 2.16. The first-order valence-electron chi connectivity index (χ1n) is 4.03. The molecular weight excluding hydrogens is 168 g/mol. The van der Waals surface area contributed by atoms with Crippen LogP contribution in [0.25, 0.3) is 0 Å². The minimum Gasteiger partial charge on any atom is -0.329 e. The monoisotopic (exact) mass is 182 g/mol. The highest BCUT2D eigenvalue weighted by Crippen LogP contribution is 2.15. The molecule has 0 aliphatic heterocycles. The summed E-state index contributed by atoms with van der Waals surface area (Å²) in [4.78, 5) is 3.96. The second-order valence-electron chi connectivity index (χ2n) is 2.71. The van der Waals surface area contributed by atoms with Gasteiger partial charge in [0.25, 0.3) is 0 Å². The van der Waals surface area contributed by atoms with E-state index in [0.29, 0.717) is 5.25 Å². The Labute approximate surface area is 77.6 Å². The zero-order valence-electron chi connectivity index (χ0n) is 7.23. The highest BCUT2D eigenvalue weighted by Gasteiger charge is 1.99. The van der Waals surface area contributed by atoms with Crippen LogP contribution >= 0.6 is 11.8 Å². The zero-order chi connectivity index (χ0) is 8.81. The third kappa shape index (κ3) is 3.24. The van der Waals surface area contributed by atoms with E-state index < -0.39 is 0 Å². The highest BCUT2D eigenvalue weighted by molar-refractivity contribution is 7.99. The quantitative estimate of drug-likeness (QED) is 0.769. The van der Waals surface area contributed by atoms with Crippen LogP contribution in [-0.4, -0.2) is 16.8 Å². The first-order chi connectivity index (χ1) is 5.83. The minimum atomic E-state index is 0.540. The van der Waals surface area contributed by atoms with E-state index in [2.05, 4.69) is 11.9 Å². The fourth-order valence-corrected chi connectivity index (χ4v) is 1.59. The van der Waals surface area contributed by atoms with Crippen LogP contribution in [0.2, 0.25) is 0 Å². The molecule has 0 aromatic carbocycles. The third-order valence-electron chi connectivity index (χ3n) is 1.62. The Morgan fingerprint density at radius 2 is 2.17 bits per heavy atom. The number of hydrogen-bond donors (Lipinski definition) is 1. The van der Waals surface area contributed by atoms with E-state index in [1.807, 2.05) is 36.3 Å². The van der Waals surface area contributed by atoms with E-state index in [-0.39, 0.29) is 0 Å². The Morgan fingerprint density at radius 1 is 1.50 bits per heavy atom. The number of nitrogens with zero attached hydrogens (tertiary/aromatic N) is 1. The van der Waals surface area contributed by atoms with Gasteiger partial charge in [-0.05, 0) is 17.7 Å². The van der Waals surface area contributed by atoms with Crippen LogP contribution in [0.15, 0.2) is 24.5 Å². The summed E-state index contributed by atoms with van der Waals surface area (Å²) in [6.07, 6.45) is 3.64. The summed E-state index contributed by atoms with van der Waals surface area (Å²) >= 11 is 1.88. The average molecular weight is 182 g/mol. The molecule has 0 aliphatic carbocycles. The first kappa shape index (κ1) is 9.55. The molecule has 1 heterocycles. The van der Waals surface area contributed by atoms with Crippen LogP contribution in [0.4, 0.5) is 0 Å². The molecule has 0 amide bonds. The van der Waals surface area contributed by atoms with E-state index >= 15 is 0 Å². The molecule has 0 saturated carbocycles. The third-order valence-corrected chi connectivity index (χ3v) is 2.88. The summed E-state index contributed by atoms with van der Waals surface area (Å²) in [7, 11) is 0. The van der Waals surface area contributed by atoms with E-state index in [9.17, 15) is 0 Å². The normalized spacial score (nSPS) is 12.8. The molecule has 3 heteroatoms. The molecule has 0 radical (unpaired) electrons. The van der Waals surface area contributed by atoms with Gasteiger partial charge in [-0.1, -0.05) is 6.92 Å². The second kappa shape index (κ2) is 5.17. The van der Waals surface area contributed by atoms with Gasteiger partial charge in [0.15, 0.2) is 0 Å². The van der Waals surface area contributed by atoms with Crippen molar-refractivity contribution in [1.82, 2.24) is 4.98 Å². The number of hydrogen-bond acceptors (Lipinski definition) is 3. The molecule has 1 unspecified atom stereocenters. The van der Waals surface area contributed by atoms with Crippen LogP contribution in [0.1, 0.15) is 12.5 Å². The summed E-state index contributed by atoms with van der Waals surface area (Å²) in [5.41, 5.74) is 6.82. The predicted molar refractivity (Wildman–Crippen MR) is 54.0 cm³/mol. The smallest absolute Gasteiger partial charge is 0.0270 e. The van der Waals surface area contributed by atoms with Crippen LogP contribution in [-0.2, 0) is 5.75 Å². The van der Waals surface area contributed by atoms with Crippen LogP contribution in [0, 0.1) is 0 Å². The number of aromatic nitrogens is 1. The number of rotatable bonds is 4. The number of thioether (sulfide) groups is 1. The Hall–Kier alpha value is -0.540. The van der Waals surface area contributed by atoms with Crippen LogP contribution in [0.3, 0.4) is 0 Å². The summed E-state index contributed by atoms with van der Waals surface area (Å²) in [5.74, 6) is 1.03. The van der Waals surface area contributed by atoms with E-state index in [1.165, 1.54) is 5.56 Å². The van der Waals surface area contributed by atoms with Gasteiger partial charge in [-0.25, -0.2) is 0 Å². The second-order valence-corrected chi connectivity index (χ2v) is 4.14. The molecule has 2 nitrogen and oxygen atoms in total. The summed E-state index contributed by atoms with van der Waals surface area (Å²) in [6, 6.07) is 4.08. The lowest BCUT2D eigenvalue weighted by molar-refractivity contribution is 0.950. The molecule has 0 fully saturated rings. The van der Waals surface area contributed by atoms with Gasteiger partial charge in [-0.15, -0.1) is 0 Å². The molecule has 12 heavy (non-hydrogen) atoms. The zero-order valence-corrected chi connectivity index (χ0v) is 8.05. The minimum absolute atomic E-state index is 0.540. The highest BCUT2D eigenvalue weighted by atomic mass is 32.2. The van der Waals surface area contributed by atoms with Crippen molar-refractivity contribution in [3.63, 3.8) is 0 Å². The largest absolute Gasteiger partial charge is 0.329 e. The molecular formula is C9H14N2S. The SMILES string of the molecule is CC(CN)SCc1ccncc1. The van der Waals surface area contributed by atoms with E-state index in [1.54, 1.807) is 0 Å². The molecule has 0 saturated heterocycles. The van der Waals surface area contributed by atoms with E-state index in [0.717, 1.165) is 12.3 Å². The van der Waals surface area contributed by atoms with Gasteiger partial charge in [0, 0.05) is 29.9 Å². The molecule has 0 spiro atoms. The van der Waals surface area contributed by atoms with Gasteiger partial charge in [0.05, 0.1) is 0 Å². The van der Waals surface area contributed by atoms with Crippen molar-refractivity contribution in [2.75, 3.05) is 6.54 Å². The molecule has 1 aromatic heterocycles. The molecule has 1 aromatic rings. The molecule has 0 bridgehead atoms. The van der Waals surface area contributed by atoms with E-state index in [4.69, 9.17) is 5.73 Å². The van der Waals surface area contributed by atoms with Gasteiger partial charge >= 0.3 is 0 Å². The van der Waals surface area contributed by atoms with Crippen molar-refractivity contribution >= 4 is 11.8 Å². The Bertz CT molecular complexity index is 213. The summed E-state index contributed by atoms with van der Waals surface area (Å²) in [5, 5.41) is 0.540. The van der Waals surface area contributed by atoms with Crippen molar-refractivity contribution in [2.45, 2.75) is 17.9 Å². The molecule has 0 aliphatic rings. The van der Waals surface area contributed by atoms with Gasteiger partial charge in [0.1, 0.15) is 0 Å². The van der Waals surface area contributed by atoms with Crippen molar-refractivity contribution < 1.29 is 0 Å². The maximum atomic E-state index is 5.50. The van der Waals surface area contributed by atoms with Gasteiger partial charge in [0.2, 0.25) is 0 Å². The maximum Gasteiger partial charge on any atom is 0.0270 e. The fraction of sp³-hybridized carbons (Fsp3) is 0.444. The summed E-state index contributed by atoms with van der Waals surface area (Å²) in [6.45, 7) is 2.89. The molecule has 66 valence electrons.